The van der Waals surface area contributed by atoms with E-state index < -0.39 is 0 Å². The Balaban J connectivity index is 2.41. The van der Waals surface area contributed by atoms with Gasteiger partial charge in [-0.05, 0) is 41.0 Å². The number of nitrogens with zero attached hydrogens (tertiary/aromatic N) is 1. The summed E-state index contributed by atoms with van der Waals surface area (Å²) in [5.74, 6) is 0.860. The quantitative estimate of drug-likeness (QED) is 0.890. The fraction of sp³-hybridized carbons (Fsp3) is 0.500. The summed E-state index contributed by atoms with van der Waals surface area (Å²) in [5.41, 5.74) is 5.34. The second-order valence-electron chi connectivity index (χ2n) is 3.35. The minimum Gasteiger partial charge on any atom is -0.452 e. The zero-order chi connectivity index (χ0) is 11.3. The number of halogens is 1. The first kappa shape index (κ1) is 12.3. The van der Waals surface area contributed by atoms with Gasteiger partial charge >= 0.3 is 0 Å². The minimum absolute atomic E-state index is 0.0907. The Labute approximate surface area is 97.5 Å². The zero-order valence-corrected chi connectivity index (χ0v) is 10.3. The van der Waals surface area contributed by atoms with Crippen molar-refractivity contribution in [3.05, 3.63) is 22.6 Å². The Kier molecular flexibility index (Phi) is 4.84. The molecule has 1 aromatic rings. The number of hydrogen-bond acceptors (Lipinski definition) is 3. The topological polar surface area (TPSA) is 59.5 Å². The van der Waals surface area contributed by atoms with Crippen LogP contribution in [0.4, 0.5) is 0 Å². The summed E-state index contributed by atoms with van der Waals surface area (Å²) >= 11 is 3.21. The molecule has 4 nitrogen and oxygen atoms in total. The van der Waals surface area contributed by atoms with Crippen molar-refractivity contribution < 1.29 is 9.21 Å². The molecule has 0 bridgehead atoms. The maximum atomic E-state index is 11.5. The molecule has 15 heavy (non-hydrogen) atoms. The molecule has 0 saturated carbocycles. The first-order valence-corrected chi connectivity index (χ1v) is 5.61. The van der Waals surface area contributed by atoms with Gasteiger partial charge in [0, 0.05) is 13.5 Å². The van der Waals surface area contributed by atoms with Crippen molar-refractivity contribution in [3.63, 3.8) is 0 Å². The lowest BCUT2D eigenvalue weighted by Gasteiger charge is -2.15. The van der Waals surface area contributed by atoms with E-state index in [1.54, 1.807) is 11.9 Å². The van der Waals surface area contributed by atoms with Crippen molar-refractivity contribution >= 4 is 21.8 Å². The van der Waals surface area contributed by atoms with Crippen molar-refractivity contribution in [2.45, 2.75) is 19.4 Å². The first-order chi connectivity index (χ1) is 7.13. The molecule has 0 spiro atoms. The average Bonchev–Trinajstić information content (AvgIpc) is 2.60. The van der Waals surface area contributed by atoms with Crippen LogP contribution in [-0.2, 0) is 11.3 Å². The third-order valence-corrected chi connectivity index (χ3v) is 2.47. The number of nitrogens with two attached hydrogens (primary N) is 1. The molecule has 1 heterocycles. The Morgan fingerprint density at radius 1 is 1.60 bits per heavy atom. The van der Waals surface area contributed by atoms with Crippen LogP contribution >= 0.6 is 15.9 Å². The van der Waals surface area contributed by atoms with Crippen molar-refractivity contribution in [1.29, 1.82) is 0 Å². The molecule has 1 rings (SSSR count). The van der Waals surface area contributed by atoms with E-state index in [-0.39, 0.29) is 5.91 Å². The summed E-state index contributed by atoms with van der Waals surface area (Å²) in [4.78, 5) is 13.2. The number of hydrogen-bond donors (Lipinski definition) is 1. The highest BCUT2D eigenvalue weighted by atomic mass is 79.9. The van der Waals surface area contributed by atoms with E-state index >= 15 is 0 Å². The molecule has 0 unspecified atom stereocenters. The van der Waals surface area contributed by atoms with Crippen LogP contribution in [0.1, 0.15) is 18.6 Å². The summed E-state index contributed by atoms with van der Waals surface area (Å²) in [7, 11) is 1.76. The van der Waals surface area contributed by atoms with Gasteiger partial charge in [-0.1, -0.05) is 0 Å². The fourth-order valence-corrected chi connectivity index (χ4v) is 1.54. The summed E-state index contributed by atoms with van der Waals surface area (Å²) in [6, 6.07) is 3.66. The van der Waals surface area contributed by atoms with Gasteiger partial charge in [0.15, 0.2) is 4.67 Å². The van der Waals surface area contributed by atoms with Crippen molar-refractivity contribution in [2.75, 3.05) is 13.6 Å². The summed E-state index contributed by atoms with van der Waals surface area (Å²) in [6.07, 6.45) is 1.22. The molecule has 1 aromatic heterocycles. The molecule has 0 radical (unpaired) electrons. The molecule has 0 saturated heterocycles. The molecular weight excluding hydrogens is 260 g/mol. The van der Waals surface area contributed by atoms with E-state index in [0.717, 1.165) is 12.2 Å². The zero-order valence-electron chi connectivity index (χ0n) is 8.70. The summed E-state index contributed by atoms with van der Waals surface area (Å²) < 4.78 is 5.99. The highest BCUT2D eigenvalue weighted by Crippen LogP contribution is 2.15. The lowest BCUT2D eigenvalue weighted by molar-refractivity contribution is -0.130. The third kappa shape index (κ3) is 4.05. The van der Waals surface area contributed by atoms with Gasteiger partial charge in [0.2, 0.25) is 5.91 Å². The lowest BCUT2D eigenvalue weighted by Crippen LogP contribution is -2.26. The second-order valence-corrected chi connectivity index (χ2v) is 4.13. The molecule has 0 aliphatic heterocycles. The average molecular weight is 275 g/mol. The largest absolute Gasteiger partial charge is 0.452 e. The maximum absolute atomic E-state index is 11.5. The monoisotopic (exact) mass is 274 g/mol. The standard InChI is InChI=1S/C10H15BrN2O2/c1-13(10(14)3-2-6-12)7-8-4-5-9(11)15-8/h4-5H,2-3,6-7,12H2,1H3. The van der Waals surface area contributed by atoms with E-state index in [4.69, 9.17) is 10.2 Å². The molecular formula is C10H15BrN2O2. The number of carbonyl (C=O) groups excluding carboxylic acids is 1. The Bertz CT molecular complexity index is 325. The highest BCUT2D eigenvalue weighted by molar-refractivity contribution is 9.10. The molecule has 0 fully saturated rings. The molecule has 0 atom stereocenters. The van der Waals surface area contributed by atoms with Gasteiger partial charge in [0.05, 0.1) is 6.54 Å². The van der Waals surface area contributed by atoms with Gasteiger partial charge in [-0.15, -0.1) is 0 Å². The maximum Gasteiger partial charge on any atom is 0.222 e. The normalized spacial score (nSPS) is 10.3. The highest BCUT2D eigenvalue weighted by Gasteiger charge is 2.10. The molecule has 2 N–H and O–H groups in total. The van der Waals surface area contributed by atoms with E-state index in [1.807, 2.05) is 12.1 Å². The SMILES string of the molecule is CN(Cc1ccc(Br)o1)C(=O)CCCN. The van der Waals surface area contributed by atoms with Gasteiger partial charge < -0.3 is 15.1 Å². The summed E-state index contributed by atoms with van der Waals surface area (Å²) in [5, 5.41) is 0. The van der Waals surface area contributed by atoms with Gasteiger partial charge in [-0.3, -0.25) is 4.79 Å². The fourth-order valence-electron chi connectivity index (χ4n) is 1.20. The van der Waals surface area contributed by atoms with E-state index in [1.165, 1.54) is 0 Å². The van der Waals surface area contributed by atoms with Crippen LogP contribution in [0.3, 0.4) is 0 Å². The Hall–Kier alpha value is -0.810. The molecule has 1 amide bonds. The van der Waals surface area contributed by atoms with Gasteiger partial charge in [0.1, 0.15) is 5.76 Å². The van der Waals surface area contributed by atoms with Gasteiger partial charge in [-0.25, -0.2) is 0 Å². The smallest absolute Gasteiger partial charge is 0.222 e. The van der Waals surface area contributed by atoms with Crippen LogP contribution in [0.5, 0.6) is 0 Å². The van der Waals surface area contributed by atoms with Gasteiger partial charge in [-0.2, -0.15) is 0 Å². The predicted molar refractivity (Wildman–Crippen MR) is 61.2 cm³/mol. The van der Waals surface area contributed by atoms with Crippen molar-refractivity contribution in [2.24, 2.45) is 5.73 Å². The van der Waals surface area contributed by atoms with Crippen LogP contribution < -0.4 is 5.73 Å². The Morgan fingerprint density at radius 2 is 2.33 bits per heavy atom. The summed E-state index contributed by atoms with van der Waals surface area (Å²) in [6.45, 7) is 1.04. The van der Waals surface area contributed by atoms with Gasteiger partial charge in [0.25, 0.3) is 0 Å². The molecule has 84 valence electrons. The van der Waals surface area contributed by atoms with Crippen LogP contribution in [0, 0.1) is 0 Å². The van der Waals surface area contributed by atoms with Crippen LogP contribution in [0.15, 0.2) is 21.2 Å². The van der Waals surface area contributed by atoms with Crippen LogP contribution in [0.2, 0.25) is 0 Å². The first-order valence-electron chi connectivity index (χ1n) is 4.81. The number of amides is 1. The predicted octanol–water partition coefficient (Wildman–Crippen LogP) is 1.74. The minimum atomic E-state index is 0.0907. The van der Waals surface area contributed by atoms with Crippen molar-refractivity contribution in [3.8, 4) is 0 Å². The molecule has 0 aromatic carbocycles. The van der Waals surface area contributed by atoms with Crippen molar-refractivity contribution in [1.82, 2.24) is 4.90 Å². The van der Waals surface area contributed by atoms with Crippen LogP contribution in [-0.4, -0.2) is 24.4 Å². The number of furan rings is 1. The Morgan fingerprint density at radius 3 is 2.87 bits per heavy atom. The number of carbonyl (C=O) groups is 1. The molecule has 0 aliphatic carbocycles. The molecule has 0 aliphatic rings. The van der Waals surface area contributed by atoms with E-state index in [0.29, 0.717) is 24.2 Å². The number of rotatable bonds is 5. The van der Waals surface area contributed by atoms with Crippen LogP contribution in [0.25, 0.3) is 0 Å². The second kappa shape index (κ2) is 5.92. The third-order valence-electron chi connectivity index (χ3n) is 2.04. The molecule has 5 heteroatoms. The van der Waals surface area contributed by atoms with E-state index in [2.05, 4.69) is 15.9 Å². The van der Waals surface area contributed by atoms with E-state index in [9.17, 15) is 4.79 Å². The lowest BCUT2D eigenvalue weighted by atomic mass is 10.3.